The Balaban J connectivity index is 1.81. The molecule has 1 aliphatic carbocycles. The first-order chi connectivity index (χ1) is 14.7. The lowest BCUT2D eigenvalue weighted by Gasteiger charge is -2.26. The number of benzene rings is 3. The zero-order chi connectivity index (χ0) is 20.9. The molecule has 3 aromatic rings. The molecule has 3 nitrogen and oxygen atoms in total. The SMILES string of the molecule is CCCC/C(O)=C1\C(=O)CC(c2ccccc2)CC1=Nc1cccc2ccccc12. The number of fused-ring (bicyclic) bond motifs is 1. The van der Waals surface area contributed by atoms with E-state index in [0.717, 1.165) is 34.9 Å². The average molecular weight is 398 g/mol. The van der Waals surface area contributed by atoms with Crippen LogP contribution in [0.1, 0.15) is 50.5 Å². The number of ketones is 1. The first kappa shape index (κ1) is 20.1. The molecule has 0 spiro atoms. The third-order valence-electron chi connectivity index (χ3n) is 5.79. The first-order valence-electron chi connectivity index (χ1n) is 10.7. The van der Waals surface area contributed by atoms with Crippen LogP contribution in [0.4, 0.5) is 5.69 Å². The summed E-state index contributed by atoms with van der Waals surface area (Å²) in [5, 5.41) is 12.9. The van der Waals surface area contributed by atoms with E-state index in [0.29, 0.717) is 30.5 Å². The number of hydrogen-bond acceptors (Lipinski definition) is 3. The zero-order valence-corrected chi connectivity index (χ0v) is 17.3. The van der Waals surface area contributed by atoms with Crippen LogP contribution in [0.3, 0.4) is 0 Å². The lowest BCUT2D eigenvalue weighted by Crippen LogP contribution is -2.26. The van der Waals surface area contributed by atoms with Gasteiger partial charge in [-0.05, 0) is 35.8 Å². The Morgan fingerprint density at radius 2 is 1.70 bits per heavy atom. The molecule has 1 fully saturated rings. The number of allylic oxidation sites excluding steroid dienone is 2. The van der Waals surface area contributed by atoms with Gasteiger partial charge in [0.1, 0.15) is 5.76 Å². The Kier molecular flexibility index (Phi) is 6.08. The third kappa shape index (κ3) is 4.20. The van der Waals surface area contributed by atoms with Crippen molar-refractivity contribution in [1.82, 2.24) is 0 Å². The molecule has 1 unspecified atom stereocenters. The van der Waals surface area contributed by atoms with Crippen molar-refractivity contribution in [3.05, 3.63) is 89.7 Å². The largest absolute Gasteiger partial charge is 0.511 e. The summed E-state index contributed by atoms with van der Waals surface area (Å²) in [4.78, 5) is 18.1. The van der Waals surface area contributed by atoms with Gasteiger partial charge >= 0.3 is 0 Å². The summed E-state index contributed by atoms with van der Waals surface area (Å²) >= 11 is 0. The standard InChI is InChI=1S/C27H27NO2/c1-2-3-16-25(29)27-24(17-21(18-26(27)30)19-10-5-4-6-11-19)28-23-15-9-13-20-12-7-8-14-22(20)23/h4-15,21,29H,2-3,16-18H2,1H3/b27-25+,28-24?. The van der Waals surface area contributed by atoms with Crippen LogP contribution in [-0.2, 0) is 4.79 Å². The van der Waals surface area contributed by atoms with E-state index in [1.54, 1.807) is 0 Å². The van der Waals surface area contributed by atoms with Crippen LogP contribution in [0.15, 0.2) is 89.1 Å². The van der Waals surface area contributed by atoms with E-state index < -0.39 is 0 Å². The second-order valence-electron chi connectivity index (χ2n) is 7.92. The maximum atomic E-state index is 13.1. The minimum absolute atomic E-state index is 0.0114. The Morgan fingerprint density at radius 3 is 2.50 bits per heavy atom. The van der Waals surface area contributed by atoms with Crippen molar-refractivity contribution in [2.75, 3.05) is 0 Å². The number of aliphatic imine (C=N–C) groups is 1. The van der Waals surface area contributed by atoms with Crippen LogP contribution >= 0.6 is 0 Å². The van der Waals surface area contributed by atoms with E-state index in [-0.39, 0.29) is 17.5 Å². The van der Waals surface area contributed by atoms with Crippen molar-refractivity contribution in [1.29, 1.82) is 0 Å². The molecule has 3 heteroatoms. The van der Waals surface area contributed by atoms with E-state index in [1.165, 1.54) is 0 Å². The summed E-state index contributed by atoms with van der Waals surface area (Å²) in [6, 6.07) is 24.3. The number of rotatable bonds is 5. The number of aliphatic hydroxyl groups is 1. The lowest BCUT2D eigenvalue weighted by atomic mass is 9.78. The normalized spacial score (nSPS) is 20.0. The van der Waals surface area contributed by atoms with Crippen molar-refractivity contribution in [3.8, 4) is 0 Å². The molecule has 3 aromatic carbocycles. The molecule has 1 atom stereocenters. The van der Waals surface area contributed by atoms with Crippen molar-refractivity contribution in [2.24, 2.45) is 4.99 Å². The maximum absolute atomic E-state index is 13.1. The molecule has 0 bridgehead atoms. The molecule has 152 valence electrons. The summed E-state index contributed by atoms with van der Waals surface area (Å²) in [6.45, 7) is 2.08. The molecule has 0 aliphatic heterocycles. The molecule has 0 aromatic heterocycles. The topological polar surface area (TPSA) is 49.7 Å². The number of unbranched alkanes of at least 4 members (excludes halogenated alkanes) is 1. The average Bonchev–Trinajstić information content (AvgIpc) is 2.78. The molecule has 0 radical (unpaired) electrons. The van der Waals surface area contributed by atoms with Crippen molar-refractivity contribution in [3.63, 3.8) is 0 Å². The van der Waals surface area contributed by atoms with Gasteiger partial charge < -0.3 is 5.11 Å². The number of nitrogens with zero attached hydrogens (tertiary/aromatic N) is 1. The third-order valence-corrected chi connectivity index (χ3v) is 5.79. The Hall–Kier alpha value is -3.20. The molecule has 0 amide bonds. The van der Waals surface area contributed by atoms with Crippen LogP contribution in [-0.4, -0.2) is 16.6 Å². The van der Waals surface area contributed by atoms with Gasteiger partial charge in [0.05, 0.1) is 17.0 Å². The zero-order valence-electron chi connectivity index (χ0n) is 17.3. The van der Waals surface area contributed by atoms with E-state index in [9.17, 15) is 9.90 Å². The lowest BCUT2D eigenvalue weighted by molar-refractivity contribution is -0.115. The maximum Gasteiger partial charge on any atom is 0.168 e. The summed E-state index contributed by atoms with van der Waals surface area (Å²) < 4.78 is 0. The fourth-order valence-corrected chi connectivity index (χ4v) is 4.20. The molecule has 1 saturated carbocycles. The van der Waals surface area contributed by atoms with Gasteiger partial charge in [0.25, 0.3) is 0 Å². The number of Topliss-reactive ketones (excluding diaryl/α,β-unsaturated/α-hetero) is 1. The quantitative estimate of drug-likeness (QED) is 0.370. The van der Waals surface area contributed by atoms with E-state index >= 15 is 0 Å². The summed E-state index contributed by atoms with van der Waals surface area (Å²) in [6.07, 6.45) is 3.39. The number of aliphatic hydroxyl groups excluding tert-OH is 1. The second kappa shape index (κ2) is 9.08. The monoisotopic (exact) mass is 397 g/mol. The molecule has 4 rings (SSSR count). The number of hydrogen-bond donors (Lipinski definition) is 1. The smallest absolute Gasteiger partial charge is 0.168 e. The van der Waals surface area contributed by atoms with E-state index in [1.807, 2.05) is 48.5 Å². The molecule has 1 N–H and O–H groups in total. The Labute approximate surface area is 177 Å². The molecular formula is C27H27NO2. The van der Waals surface area contributed by atoms with Gasteiger partial charge in [0, 0.05) is 18.2 Å². The highest BCUT2D eigenvalue weighted by Gasteiger charge is 2.32. The van der Waals surface area contributed by atoms with Gasteiger partial charge in [0.2, 0.25) is 0 Å². The van der Waals surface area contributed by atoms with Gasteiger partial charge in [-0.1, -0.05) is 80.1 Å². The van der Waals surface area contributed by atoms with Crippen LogP contribution in [0.5, 0.6) is 0 Å². The molecule has 30 heavy (non-hydrogen) atoms. The van der Waals surface area contributed by atoms with Gasteiger partial charge in [-0.2, -0.15) is 0 Å². The number of carbonyl (C=O) groups excluding carboxylic acids is 1. The summed E-state index contributed by atoms with van der Waals surface area (Å²) in [5.74, 6) is 0.255. The molecule has 0 heterocycles. The number of carbonyl (C=O) groups is 1. The predicted molar refractivity (Wildman–Crippen MR) is 124 cm³/mol. The van der Waals surface area contributed by atoms with E-state index in [2.05, 4.69) is 31.2 Å². The van der Waals surface area contributed by atoms with Gasteiger partial charge in [0.15, 0.2) is 5.78 Å². The fraction of sp³-hybridized carbons (Fsp3) is 0.259. The van der Waals surface area contributed by atoms with Gasteiger partial charge in [-0.15, -0.1) is 0 Å². The predicted octanol–water partition coefficient (Wildman–Crippen LogP) is 7.06. The van der Waals surface area contributed by atoms with E-state index in [4.69, 9.17) is 4.99 Å². The van der Waals surface area contributed by atoms with Crippen molar-refractivity contribution >= 4 is 28.0 Å². The van der Waals surface area contributed by atoms with Crippen molar-refractivity contribution < 1.29 is 9.90 Å². The highest BCUT2D eigenvalue weighted by Crippen LogP contribution is 2.36. The molecule has 0 saturated heterocycles. The van der Waals surface area contributed by atoms with Crippen LogP contribution in [0.2, 0.25) is 0 Å². The first-order valence-corrected chi connectivity index (χ1v) is 10.7. The van der Waals surface area contributed by atoms with Crippen LogP contribution in [0.25, 0.3) is 10.8 Å². The highest BCUT2D eigenvalue weighted by atomic mass is 16.3. The molecule has 1 aliphatic rings. The summed E-state index contributed by atoms with van der Waals surface area (Å²) in [5.41, 5.74) is 3.11. The minimum atomic E-state index is -0.0114. The second-order valence-corrected chi connectivity index (χ2v) is 7.92. The fourth-order valence-electron chi connectivity index (χ4n) is 4.20. The Bertz CT molecular complexity index is 1110. The summed E-state index contributed by atoms with van der Waals surface area (Å²) in [7, 11) is 0. The van der Waals surface area contributed by atoms with Crippen LogP contribution < -0.4 is 0 Å². The van der Waals surface area contributed by atoms with Gasteiger partial charge in [-0.25, -0.2) is 0 Å². The molecular weight excluding hydrogens is 370 g/mol. The minimum Gasteiger partial charge on any atom is -0.511 e. The van der Waals surface area contributed by atoms with Crippen molar-refractivity contribution in [2.45, 2.75) is 44.9 Å². The van der Waals surface area contributed by atoms with Crippen LogP contribution in [0, 0.1) is 0 Å². The Morgan fingerprint density at radius 1 is 0.967 bits per heavy atom. The van der Waals surface area contributed by atoms with Gasteiger partial charge in [-0.3, -0.25) is 9.79 Å². The highest BCUT2D eigenvalue weighted by molar-refractivity contribution is 6.25.